The van der Waals surface area contributed by atoms with Crippen molar-refractivity contribution in [2.75, 3.05) is 44.9 Å². The van der Waals surface area contributed by atoms with Crippen LogP contribution in [-0.2, 0) is 33.8 Å². The maximum absolute atomic E-state index is 15.3. The number of rotatable bonds is 9. The third kappa shape index (κ3) is 5.93. The van der Waals surface area contributed by atoms with E-state index in [1.165, 1.54) is 22.8 Å². The van der Waals surface area contributed by atoms with Gasteiger partial charge in [0.25, 0.3) is 0 Å². The first-order chi connectivity index (χ1) is 21.3. The summed E-state index contributed by atoms with van der Waals surface area (Å²) >= 11 is 0. The molecule has 0 radical (unpaired) electrons. The molecule has 0 spiro atoms. The number of carboxylic acid groups (broad SMARTS) is 1. The van der Waals surface area contributed by atoms with Gasteiger partial charge in [0, 0.05) is 51.6 Å². The Hall–Kier alpha value is -3.53. The van der Waals surface area contributed by atoms with Crippen LogP contribution in [0.3, 0.4) is 0 Å². The first-order valence-electron chi connectivity index (χ1n) is 15.6. The van der Waals surface area contributed by atoms with Gasteiger partial charge in [-0.15, -0.1) is 0 Å². The lowest BCUT2D eigenvalue weighted by Crippen LogP contribution is -2.46. The zero-order valence-electron chi connectivity index (χ0n) is 25.9. The number of halogens is 1. The van der Waals surface area contributed by atoms with Gasteiger partial charge in [-0.25, -0.2) is 9.37 Å². The number of pyridine rings is 1. The molecule has 4 heterocycles. The van der Waals surface area contributed by atoms with Crippen LogP contribution in [0.1, 0.15) is 48.4 Å². The average Bonchev–Trinajstić information content (AvgIpc) is 3.38. The van der Waals surface area contributed by atoms with Crippen LogP contribution >= 0.6 is 0 Å². The first-order valence-corrected chi connectivity index (χ1v) is 15.6. The molecular formula is C35H42FN3O5. The number of benzene rings is 2. The Balaban J connectivity index is 1.22. The summed E-state index contributed by atoms with van der Waals surface area (Å²) in [7, 11) is 1.57. The second-order valence-electron chi connectivity index (χ2n) is 12.5. The molecule has 0 bridgehead atoms. The number of aryl methyl sites for hydroxylation is 1. The van der Waals surface area contributed by atoms with Crippen LogP contribution in [-0.4, -0.2) is 73.1 Å². The van der Waals surface area contributed by atoms with E-state index in [0.717, 1.165) is 51.1 Å². The van der Waals surface area contributed by atoms with E-state index in [9.17, 15) is 9.90 Å². The zero-order chi connectivity index (χ0) is 30.8. The van der Waals surface area contributed by atoms with E-state index in [0.29, 0.717) is 36.1 Å². The summed E-state index contributed by atoms with van der Waals surface area (Å²) < 4.78 is 32.5. The topological polar surface area (TPSA) is 84.4 Å². The molecule has 234 valence electrons. The fourth-order valence-electron chi connectivity index (χ4n) is 7.13. The lowest BCUT2D eigenvalue weighted by atomic mass is 9.83. The number of aliphatic carboxylic acids is 1. The summed E-state index contributed by atoms with van der Waals surface area (Å²) in [6.45, 7) is 8.63. The third-order valence-electron chi connectivity index (χ3n) is 9.81. The molecule has 0 aliphatic carbocycles. The van der Waals surface area contributed by atoms with Crippen LogP contribution in [0.25, 0.3) is 11.3 Å². The number of nitrogens with zero attached hydrogens (tertiary/aromatic N) is 3. The van der Waals surface area contributed by atoms with Gasteiger partial charge in [-0.3, -0.25) is 9.69 Å². The molecule has 6 rings (SSSR count). The second-order valence-corrected chi connectivity index (χ2v) is 12.5. The summed E-state index contributed by atoms with van der Waals surface area (Å²) in [6, 6.07) is 15.0. The van der Waals surface area contributed by atoms with E-state index in [2.05, 4.69) is 24.0 Å². The maximum atomic E-state index is 15.3. The van der Waals surface area contributed by atoms with Gasteiger partial charge in [0.1, 0.15) is 12.4 Å². The Morgan fingerprint density at radius 2 is 1.95 bits per heavy atom. The molecule has 2 fully saturated rings. The number of hydrogen-bond acceptors (Lipinski definition) is 7. The fourth-order valence-corrected chi connectivity index (χ4v) is 7.13. The molecule has 2 atom stereocenters. The van der Waals surface area contributed by atoms with Crippen molar-refractivity contribution in [3.8, 4) is 17.0 Å². The highest BCUT2D eigenvalue weighted by atomic mass is 19.1. The van der Waals surface area contributed by atoms with Crippen molar-refractivity contribution in [2.24, 2.45) is 5.41 Å². The largest absolute Gasteiger partial charge is 0.485 e. The van der Waals surface area contributed by atoms with E-state index >= 15 is 4.39 Å². The van der Waals surface area contributed by atoms with Crippen molar-refractivity contribution in [1.29, 1.82) is 0 Å². The Morgan fingerprint density at radius 3 is 2.73 bits per heavy atom. The van der Waals surface area contributed by atoms with E-state index < -0.39 is 17.2 Å². The quantitative estimate of drug-likeness (QED) is 0.337. The van der Waals surface area contributed by atoms with Gasteiger partial charge in [0.2, 0.25) is 0 Å². The summed E-state index contributed by atoms with van der Waals surface area (Å²) in [4.78, 5) is 21.6. The summed E-state index contributed by atoms with van der Waals surface area (Å²) in [5, 5.41) is 9.97. The van der Waals surface area contributed by atoms with Crippen LogP contribution in [0.2, 0.25) is 0 Å². The smallest absolute Gasteiger partial charge is 0.311 e. The summed E-state index contributed by atoms with van der Waals surface area (Å²) in [5.74, 6) is -0.519. The van der Waals surface area contributed by atoms with Crippen molar-refractivity contribution in [3.05, 3.63) is 76.6 Å². The van der Waals surface area contributed by atoms with Crippen molar-refractivity contribution in [3.63, 3.8) is 0 Å². The molecule has 2 saturated heterocycles. The summed E-state index contributed by atoms with van der Waals surface area (Å²) in [6.07, 6.45) is 3.65. The molecule has 3 aliphatic heterocycles. The average molecular weight is 604 g/mol. The molecule has 3 aromatic rings. The van der Waals surface area contributed by atoms with Crippen LogP contribution in [0.5, 0.6) is 5.75 Å². The van der Waals surface area contributed by atoms with Gasteiger partial charge in [0.15, 0.2) is 11.6 Å². The molecular weight excluding hydrogens is 561 g/mol. The minimum absolute atomic E-state index is 0.156. The first kappa shape index (κ1) is 30.5. The number of carboxylic acids is 1. The Morgan fingerprint density at radius 1 is 1.16 bits per heavy atom. The van der Waals surface area contributed by atoms with E-state index in [1.54, 1.807) is 20.1 Å². The van der Waals surface area contributed by atoms with Crippen molar-refractivity contribution in [1.82, 2.24) is 9.88 Å². The molecule has 0 saturated carbocycles. The number of methoxy groups -OCH3 is 1. The molecule has 3 aliphatic rings. The molecule has 9 heteroatoms. The third-order valence-corrected chi connectivity index (χ3v) is 9.81. The van der Waals surface area contributed by atoms with Gasteiger partial charge in [-0.2, -0.15) is 0 Å². The highest BCUT2D eigenvalue weighted by Crippen LogP contribution is 2.40. The van der Waals surface area contributed by atoms with Crippen LogP contribution in [0.4, 0.5) is 10.2 Å². The molecule has 8 nitrogen and oxygen atoms in total. The SMILES string of the molecule is COC[C@H]1N(c2cccc(-c3cccc(F)c3OCc3cc(C)c4c(c3)CCN(C3CCOCC3)C4)n2)CC[C@@]1(C)C(=O)O. The number of anilines is 1. The van der Waals surface area contributed by atoms with Gasteiger partial charge >= 0.3 is 5.97 Å². The predicted molar refractivity (Wildman–Crippen MR) is 166 cm³/mol. The number of hydrogen-bond donors (Lipinski definition) is 1. The normalized spacial score (nSPS) is 22.6. The Labute approximate surface area is 258 Å². The van der Waals surface area contributed by atoms with Crippen molar-refractivity contribution in [2.45, 2.75) is 64.8 Å². The number of para-hydroxylation sites is 1. The van der Waals surface area contributed by atoms with Crippen molar-refractivity contribution < 1.29 is 28.5 Å². The molecule has 0 amide bonds. The number of fused-ring (bicyclic) bond motifs is 1. The Kier molecular flexibility index (Phi) is 8.89. The molecule has 44 heavy (non-hydrogen) atoms. The van der Waals surface area contributed by atoms with Crippen LogP contribution in [0.15, 0.2) is 48.5 Å². The summed E-state index contributed by atoms with van der Waals surface area (Å²) in [5.41, 5.74) is 5.15. The zero-order valence-corrected chi connectivity index (χ0v) is 25.9. The van der Waals surface area contributed by atoms with Gasteiger partial charge in [-0.05, 0) is 86.1 Å². The predicted octanol–water partition coefficient (Wildman–Crippen LogP) is 5.63. The minimum atomic E-state index is -0.961. The monoisotopic (exact) mass is 603 g/mol. The Bertz CT molecular complexity index is 1510. The van der Waals surface area contributed by atoms with Gasteiger partial charge in [-0.1, -0.05) is 24.3 Å². The highest BCUT2D eigenvalue weighted by molar-refractivity contribution is 5.77. The highest BCUT2D eigenvalue weighted by Gasteiger charge is 2.50. The molecule has 1 aromatic heterocycles. The van der Waals surface area contributed by atoms with Crippen molar-refractivity contribution >= 4 is 11.8 Å². The second kappa shape index (κ2) is 12.8. The number of carbonyl (C=O) groups is 1. The van der Waals surface area contributed by atoms with E-state index in [1.807, 2.05) is 29.2 Å². The lowest BCUT2D eigenvalue weighted by Gasteiger charge is -2.38. The maximum Gasteiger partial charge on any atom is 0.311 e. The minimum Gasteiger partial charge on any atom is -0.485 e. The van der Waals surface area contributed by atoms with E-state index in [-0.39, 0.29) is 25.0 Å². The van der Waals surface area contributed by atoms with Gasteiger partial charge < -0.3 is 24.2 Å². The fraction of sp³-hybridized carbons (Fsp3) is 0.486. The van der Waals surface area contributed by atoms with Gasteiger partial charge in [0.05, 0.1) is 23.8 Å². The molecule has 2 aromatic carbocycles. The standard InChI is InChI=1S/C35H42FN3O5/c1-23-18-24(19-25-10-14-38(20-28(23)25)26-11-16-43-17-12-26)21-44-33-27(6-4-7-29(33)36)30-8-5-9-32(37-30)39-15-13-35(2,34(40)41)31(39)22-42-3/h4-9,18-19,26,31H,10-17,20-22H2,1-3H3,(H,40,41)/t31-,35-/m1/s1. The molecule has 1 N–H and O–H groups in total. The number of aromatic nitrogens is 1. The van der Waals surface area contributed by atoms with E-state index in [4.69, 9.17) is 19.2 Å². The van der Waals surface area contributed by atoms with Crippen LogP contribution < -0.4 is 9.64 Å². The lowest BCUT2D eigenvalue weighted by molar-refractivity contribution is -0.148. The molecule has 0 unspecified atom stereocenters. The number of ether oxygens (including phenoxy) is 3. The van der Waals surface area contributed by atoms with Crippen LogP contribution in [0, 0.1) is 18.2 Å².